The molecule has 3 aromatic heterocycles. The van der Waals surface area contributed by atoms with Crippen molar-refractivity contribution in [3.8, 4) is 11.1 Å². The van der Waals surface area contributed by atoms with E-state index in [1.165, 1.54) is 41.7 Å². The molecule has 0 aliphatic carbocycles. The van der Waals surface area contributed by atoms with Crippen molar-refractivity contribution in [2.75, 3.05) is 0 Å². The van der Waals surface area contributed by atoms with Crippen LogP contribution in [0.1, 0.15) is 22.9 Å². The summed E-state index contributed by atoms with van der Waals surface area (Å²) in [5, 5.41) is 15.3. The minimum Gasteiger partial charge on any atom is -0.456 e. The van der Waals surface area contributed by atoms with Gasteiger partial charge in [0.1, 0.15) is 34.3 Å². The highest BCUT2D eigenvalue weighted by Crippen LogP contribution is 2.42. The maximum atomic E-state index is 6.68. The Hall–Kier alpha value is -7.54. The Morgan fingerprint density at radius 3 is 1.98 bits per heavy atom. The minimum absolute atomic E-state index is 0.415. The van der Waals surface area contributed by atoms with Crippen molar-refractivity contribution in [2.45, 2.75) is 6.17 Å². The molecule has 59 heavy (non-hydrogen) atoms. The Bertz CT molecular complexity index is 3790. The van der Waals surface area contributed by atoms with Crippen LogP contribution in [0.3, 0.4) is 0 Å². The second kappa shape index (κ2) is 12.5. The molecule has 0 bridgehead atoms. The first-order chi connectivity index (χ1) is 29.2. The molecular formula is C53H31N3O2S. The molecule has 0 radical (unpaired) electrons. The number of rotatable bonds is 4. The van der Waals surface area contributed by atoms with Gasteiger partial charge in [-0.15, -0.1) is 11.3 Å². The average Bonchev–Trinajstić information content (AvgIpc) is 3.99. The number of thiophene rings is 1. The van der Waals surface area contributed by atoms with Gasteiger partial charge in [0.15, 0.2) is 5.84 Å². The topological polar surface area (TPSA) is 63.0 Å². The Balaban J connectivity index is 1.05. The van der Waals surface area contributed by atoms with E-state index >= 15 is 0 Å². The van der Waals surface area contributed by atoms with Crippen molar-refractivity contribution in [2.24, 2.45) is 9.98 Å². The summed E-state index contributed by atoms with van der Waals surface area (Å²) in [7, 11) is 0. The number of nitrogens with zero attached hydrogens (tertiary/aromatic N) is 2. The molecule has 0 saturated heterocycles. The van der Waals surface area contributed by atoms with Crippen molar-refractivity contribution < 1.29 is 8.83 Å². The molecule has 5 nitrogen and oxygen atoms in total. The molecule has 13 rings (SSSR count). The van der Waals surface area contributed by atoms with Crippen LogP contribution in [0.4, 0.5) is 0 Å². The van der Waals surface area contributed by atoms with E-state index in [0.717, 1.165) is 77.5 Å². The number of para-hydroxylation sites is 2. The van der Waals surface area contributed by atoms with Gasteiger partial charge < -0.3 is 14.2 Å². The summed E-state index contributed by atoms with van der Waals surface area (Å²) in [5.74, 6) is 1.41. The molecule has 1 atom stereocenters. The molecule has 1 aliphatic heterocycles. The molecule has 0 amide bonds. The van der Waals surface area contributed by atoms with Crippen LogP contribution in [0.2, 0.25) is 0 Å². The number of fused-ring (bicyclic) bond motifs is 12. The van der Waals surface area contributed by atoms with Gasteiger partial charge in [-0.2, -0.15) is 0 Å². The fraction of sp³-hybridized carbons (Fsp3) is 0.0189. The van der Waals surface area contributed by atoms with Gasteiger partial charge in [0.05, 0.1) is 0 Å². The predicted molar refractivity (Wildman–Crippen MR) is 246 cm³/mol. The van der Waals surface area contributed by atoms with Gasteiger partial charge >= 0.3 is 0 Å². The lowest BCUT2D eigenvalue weighted by Crippen LogP contribution is -2.33. The van der Waals surface area contributed by atoms with Gasteiger partial charge in [0.2, 0.25) is 0 Å². The molecule has 0 fully saturated rings. The van der Waals surface area contributed by atoms with Gasteiger partial charge in [-0.05, 0) is 98.9 Å². The highest BCUT2D eigenvalue weighted by Gasteiger charge is 2.26. The summed E-state index contributed by atoms with van der Waals surface area (Å²) < 4.78 is 15.5. The highest BCUT2D eigenvalue weighted by molar-refractivity contribution is 7.25. The normalized spacial score (nSPS) is 14.6. The van der Waals surface area contributed by atoms with Crippen LogP contribution in [0.5, 0.6) is 0 Å². The lowest BCUT2D eigenvalue weighted by molar-refractivity contribution is 0.667. The third-order valence-electron chi connectivity index (χ3n) is 11.9. The Labute approximate surface area is 341 Å². The van der Waals surface area contributed by atoms with Gasteiger partial charge in [0.25, 0.3) is 0 Å². The van der Waals surface area contributed by atoms with Gasteiger partial charge in [0, 0.05) is 52.8 Å². The van der Waals surface area contributed by atoms with Crippen molar-refractivity contribution in [1.29, 1.82) is 0 Å². The molecule has 1 N–H and O–H groups in total. The van der Waals surface area contributed by atoms with E-state index in [4.69, 9.17) is 18.8 Å². The third-order valence-corrected chi connectivity index (χ3v) is 13.1. The second-order valence-corrected chi connectivity index (χ2v) is 16.4. The van der Waals surface area contributed by atoms with E-state index in [9.17, 15) is 0 Å². The van der Waals surface area contributed by atoms with Gasteiger partial charge in [-0.3, -0.25) is 0 Å². The summed E-state index contributed by atoms with van der Waals surface area (Å²) in [6.07, 6.45) is -0.415. The molecule has 0 saturated carbocycles. The Kier molecular flexibility index (Phi) is 6.88. The quantitative estimate of drug-likeness (QED) is 0.181. The first-order valence-corrected chi connectivity index (χ1v) is 20.6. The smallest absolute Gasteiger partial charge is 0.159 e. The standard InChI is InChI=1S/C53H31N3O2S/c1-2-11-35-30(10-1)20-21-31-26-32(22-24-36(31)35)51-54-52(33-23-25-48-41(27-33)38-12-5-8-19-47(38)59-48)56-53(55-51)42-28-34(29-46-50(42)40-14-4-7-17-44(40)58-46)37-15-9-18-45-49(37)39-13-3-6-16-43(39)57-45/h1-29,51H,(H,54,55,56). The van der Waals surface area contributed by atoms with E-state index in [1.54, 1.807) is 0 Å². The summed E-state index contributed by atoms with van der Waals surface area (Å²) >= 11 is 1.81. The van der Waals surface area contributed by atoms with E-state index in [0.29, 0.717) is 5.84 Å². The van der Waals surface area contributed by atoms with Crippen LogP contribution < -0.4 is 5.32 Å². The fourth-order valence-corrected chi connectivity index (χ4v) is 10.3. The second-order valence-electron chi connectivity index (χ2n) is 15.3. The SMILES string of the molecule is c1ccc2c(c1)ccc1cc(C3N=C(c4ccc5sc6ccccc6c5c4)N=C(c4cc(-c5cccc6oc7ccccc7c56)cc5oc6ccccc6c45)N3)ccc12. The molecule has 4 heterocycles. The number of hydrogen-bond acceptors (Lipinski definition) is 6. The maximum Gasteiger partial charge on any atom is 0.159 e. The minimum atomic E-state index is -0.415. The number of furan rings is 2. The van der Waals surface area contributed by atoms with Crippen LogP contribution in [0.15, 0.2) is 195 Å². The van der Waals surface area contributed by atoms with E-state index in [1.807, 2.05) is 41.7 Å². The largest absolute Gasteiger partial charge is 0.456 e. The van der Waals surface area contributed by atoms with Crippen LogP contribution in [-0.4, -0.2) is 11.7 Å². The van der Waals surface area contributed by atoms with E-state index in [-0.39, 0.29) is 0 Å². The first kappa shape index (κ1) is 32.5. The van der Waals surface area contributed by atoms with Crippen molar-refractivity contribution in [3.63, 3.8) is 0 Å². The van der Waals surface area contributed by atoms with Crippen LogP contribution in [-0.2, 0) is 0 Å². The van der Waals surface area contributed by atoms with Crippen LogP contribution in [0, 0.1) is 0 Å². The van der Waals surface area contributed by atoms with Crippen molar-refractivity contribution in [3.05, 3.63) is 193 Å². The van der Waals surface area contributed by atoms with Crippen LogP contribution in [0.25, 0.3) is 96.7 Å². The van der Waals surface area contributed by atoms with E-state index in [2.05, 4.69) is 151 Å². The Morgan fingerprint density at radius 1 is 0.441 bits per heavy atom. The first-order valence-electron chi connectivity index (χ1n) is 19.8. The van der Waals surface area contributed by atoms with Crippen LogP contribution >= 0.6 is 11.3 Å². The van der Waals surface area contributed by atoms with E-state index < -0.39 is 6.17 Å². The Morgan fingerprint density at radius 2 is 1.12 bits per heavy atom. The molecule has 1 unspecified atom stereocenters. The zero-order valence-electron chi connectivity index (χ0n) is 31.4. The molecule has 1 aliphatic rings. The number of hydrogen-bond donors (Lipinski definition) is 1. The third kappa shape index (κ3) is 5.03. The predicted octanol–water partition coefficient (Wildman–Crippen LogP) is 14.3. The summed E-state index contributed by atoms with van der Waals surface area (Å²) in [5.41, 5.74) is 8.36. The average molecular weight is 774 g/mol. The van der Waals surface area contributed by atoms with Crippen molar-refractivity contribution >= 4 is 109 Å². The van der Waals surface area contributed by atoms with Crippen molar-refractivity contribution in [1.82, 2.24) is 5.32 Å². The monoisotopic (exact) mass is 773 g/mol. The number of aliphatic imine (C=N–C) groups is 2. The number of amidine groups is 2. The molecule has 12 aromatic rings. The zero-order valence-corrected chi connectivity index (χ0v) is 32.3. The summed E-state index contributed by atoms with van der Waals surface area (Å²) in [6.45, 7) is 0. The highest BCUT2D eigenvalue weighted by atomic mass is 32.1. The molecule has 6 heteroatoms. The number of benzene rings is 9. The molecular weight excluding hydrogens is 743 g/mol. The van der Waals surface area contributed by atoms with Gasteiger partial charge in [-0.25, -0.2) is 9.98 Å². The molecule has 276 valence electrons. The lowest BCUT2D eigenvalue weighted by Gasteiger charge is -2.25. The molecule has 0 spiro atoms. The summed E-state index contributed by atoms with van der Waals surface area (Å²) in [4.78, 5) is 10.8. The fourth-order valence-electron chi connectivity index (χ4n) is 9.16. The molecule has 9 aromatic carbocycles. The number of nitrogens with one attached hydrogen (secondary N) is 1. The lowest BCUT2D eigenvalue weighted by atomic mass is 9.94. The zero-order chi connectivity index (χ0) is 38.6. The van der Waals surface area contributed by atoms with Gasteiger partial charge in [-0.1, -0.05) is 115 Å². The maximum absolute atomic E-state index is 6.68. The summed E-state index contributed by atoms with van der Waals surface area (Å²) in [6, 6.07) is 62.1.